The normalized spacial score (nSPS) is 11.4. The van der Waals surface area contributed by atoms with Gasteiger partial charge in [0.1, 0.15) is 0 Å². The molecule has 0 aliphatic heterocycles. The lowest BCUT2D eigenvalue weighted by Gasteiger charge is -2.18. The molecule has 0 aliphatic carbocycles. The van der Waals surface area contributed by atoms with E-state index in [9.17, 15) is 13.2 Å². The van der Waals surface area contributed by atoms with Crippen LogP contribution in [0, 0.1) is 0 Å². The van der Waals surface area contributed by atoms with Gasteiger partial charge in [-0.25, -0.2) is 8.42 Å². The maximum Gasteiger partial charge on any atom is 0.243 e. The van der Waals surface area contributed by atoms with Crippen LogP contribution in [0.15, 0.2) is 53.4 Å². The van der Waals surface area contributed by atoms with Crippen LogP contribution < -0.4 is 10.6 Å². The van der Waals surface area contributed by atoms with E-state index < -0.39 is 10.0 Å². The van der Waals surface area contributed by atoms with Crippen LogP contribution in [0.1, 0.15) is 26.3 Å². The van der Waals surface area contributed by atoms with Crippen molar-refractivity contribution in [3.63, 3.8) is 0 Å². The van der Waals surface area contributed by atoms with Crippen LogP contribution in [0.4, 0.5) is 11.4 Å². The molecule has 0 spiro atoms. The molecule has 6 nitrogen and oxygen atoms in total. The van der Waals surface area contributed by atoms with Crippen LogP contribution >= 0.6 is 0 Å². The molecule has 0 saturated carbocycles. The largest absolute Gasteiger partial charge is 0.376 e. The number of amides is 1. The summed E-state index contributed by atoms with van der Waals surface area (Å²) in [5.74, 6) is -0.164. The van der Waals surface area contributed by atoms with Crippen molar-refractivity contribution < 1.29 is 13.2 Å². The van der Waals surface area contributed by atoms with Gasteiger partial charge < -0.3 is 10.6 Å². The summed E-state index contributed by atoms with van der Waals surface area (Å²) in [6, 6.07) is 14.2. The summed E-state index contributed by atoms with van der Waals surface area (Å²) in [6.45, 7) is 6.64. The summed E-state index contributed by atoms with van der Waals surface area (Å²) < 4.78 is 26.3. The van der Waals surface area contributed by atoms with E-state index in [1.807, 2.05) is 38.1 Å². The number of anilines is 2. The number of aryl methyl sites for hydroxylation is 1. The van der Waals surface area contributed by atoms with Gasteiger partial charge in [0.25, 0.3) is 0 Å². The minimum absolute atomic E-state index is 0.0957. The van der Waals surface area contributed by atoms with Gasteiger partial charge >= 0.3 is 0 Å². The van der Waals surface area contributed by atoms with Gasteiger partial charge in [0.15, 0.2) is 0 Å². The first-order chi connectivity index (χ1) is 12.9. The predicted molar refractivity (Wildman–Crippen MR) is 109 cm³/mol. The van der Waals surface area contributed by atoms with E-state index in [1.165, 1.54) is 4.31 Å². The van der Waals surface area contributed by atoms with Crippen molar-refractivity contribution >= 4 is 27.3 Å². The van der Waals surface area contributed by atoms with E-state index in [1.54, 1.807) is 24.3 Å². The Hall–Kier alpha value is -2.38. The molecule has 0 radical (unpaired) electrons. The first-order valence-electron chi connectivity index (χ1n) is 9.13. The van der Waals surface area contributed by atoms with Crippen LogP contribution in [0.5, 0.6) is 0 Å². The highest BCUT2D eigenvalue weighted by atomic mass is 32.2. The monoisotopic (exact) mass is 389 g/mol. The molecule has 2 aromatic rings. The van der Waals surface area contributed by atoms with E-state index in [-0.39, 0.29) is 17.3 Å². The van der Waals surface area contributed by atoms with Gasteiger partial charge in [0.2, 0.25) is 15.9 Å². The molecule has 0 fully saturated rings. The SMILES string of the molecule is CCc1cccc(NC(=O)CNc2ccc(S(=O)(=O)N(CC)CC)cc2)c1. The number of sulfonamides is 1. The third-order valence-electron chi connectivity index (χ3n) is 4.27. The molecule has 2 aromatic carbocycles. The maximum absolute atomic E-state index is 12.5. The Morgan fingerprint density at radius 1 is 0.963 bits per heavy atom. The summed E-state index contributed by atoms with van der Waals surface area (Å²) in [5.41, 5.74) is 2.61. The van der Waals surface area contributed by atoms with E-state index in [0.29, 0.717) is 18.8 Å². The fourth-order valence-electron chi connectivity index (χ4n) is 2.71. The summed E-state index contributed by atoms with van der Waals surface area (Å²) >= 11 is 0. The third kappa shape index (κ3) is 5.55. The van der Waals surface area contributed by atoms with E-state index >= 15 is 0 Å². The second-order valence-corrected chi connectivity index (χ2v) is 8.01. The molecule has 0 aromatic heterocycles. The average Bonchev–Trinajstić information content (AvgIpc) is 2.67. The maximum atomic E-state index is 12.5. The van der Waals surface area contributed by atoms with Crippen LogP contribution in [0.25, 0.3) is 0 Å². The summed E-state index contributed by atoms with van der Waals surface area (Å²) in [6.07, 6.45) is 0.907. The molecule has 7 heteroatoms. The molecule has 146 valence electrons. The quantitative estimate of drug-likeness (QED) is 0.689. The lowest BCUT2D eigenvalue weighted by Crippen LogP contribution is -2.30. The molecule has 27 heavy (non-hydrogen) atoms. The molecule has 0 atom stereocenters. The minimum atomic E-state index is -3.47. The fraction of sp³-hybridized carbons (Fsp3) is 0.350. The summed E-state index contributed by atoms with van der Waals surface area (Å²) in [7, 11) is -3.47. The zero-order valence-electron chi connectivity index (χ0n) is 16.0. The smallest absolute Gasteiger partial charge is 0.243 e. The zero-order chi connectivity index (χ0) is 19.9. The van der Waals surface area contributed by atoms with Crippen molar-refractivity contribution in [1.29, 1.82) is 0 Å². The van der Waals surface area contributed by atoms with Crippen LogP contribution in [0.3, 0.4) is 0 Å². The van der Waals surface area contributed by atoms with Crippen molar-refractivity contribution in [2.75, 3.05) is 30.3 Å². The highest BCUT2D eigenvalue weighted by Crippen LogP contribution is 2.18. The second-order valence-electron chi connectivity index (χ2n) is 6.07. The lowest BCUT2D eigenvalue weighted by atomic mass is 10.1. The summed E-state index contributed by atoms with van der Waals surface area (Å²) in [5, 5.41) is 5.86. The first kappa shape index (κ1) is 20.9. The number of nitrogens with zero attached hydrogens (tertiary/aromatic N) is 1. The molecular weight excluding hydrogens is 362 g/mol. The Morgan fingerprint density at radius 2 is 1.63 bits per heavy atom. The number of hydrogen-bond donors (Lipinski definition) is 2. The van der Waals surface area contributed by atoms with Crippen molar-refractivity contribution in [2.24, 2.45) is 0 Å². The van der Waals surface area contributed by atoms with Gasteiger partial charge in [-0.1, -0.05) is 32.9 Å². The van der Waals surface area contributed by atoms with Gasteiger partial charge in [-0.3, -0.25) is 4.79 Å². The number of rotatable bonds is 9. The van der Waals surface area contributed by atoms with Gasteiger partial charge in [-0.15, -0.1) is 0 Å². The third-order valence-corrected chi connectivity index (χ3v) is 6.33. The van der Waals surface area contributed by atoms with Crippen molar-refractivity contribution in [1.82, 2.24) is 4.31 Å². The van der Waals surface area contributed by atoms with Gasteiger partial charge in [0.05, 0.1) is 11.4 Å². The standard InChI is InChI=1S/C20H27N3O3S/c1-4-16-8-7-9-18(14-16)22-20(24)15-21-17-10-12-19(13-11-17)27(25,26)23(5-2)6-3/h7-14,21H,4-6,15H2,1-3H3,(H,22,24). The van der Waals surface area contributed by atoms with Crippen LogP contribution in [0.2, 0.25) is 0 Å². The van der Waals surface area contributed by atoms with Gasteiger partial charge in [-0.05, 0) is 48.4 Å². The van der Waals surface area contributed by atoms with Gasteiger partial charge in [-0.2, -0.15) is 4.31 Å². The molecule has 2 N–H and O–H groups in total. The highest BCUT2D eigenvalue weighted by Gasteiger charge is 2.21. The van der Waals surface area contributed by atoms with Crippen molar-refractivity contribution in [3.8, 4) is 0 Å². The topological polar surface area (TPSA) is 78.5 Å². The van der Waals surface area contributed by atoms with Crippen LogP contribution in [-0.2, 0) is 21.2 Å². The number of carbonyl (C=O) groups excluding carboxylic acids is 1. The Kier molecular flexibility index (Phi) is 7.38. The molecule has 0 bridgehead atoms. The van der Waals surface area contributed by atoms with Crippen molar-refractivity contribution in [3.05, 3.63) is 54.1 Å². The minimum Gasteiger partial charge on any atom is -0.376 e. The van der Waals surface area contributed by atoms with E-state index in [4.69, 9.17) is 0 Å². The molecule has 0 aliphatic rings. The van der Waals surface area contributed by atoms with Crippen molar-refractivity contribution in [2.45, 2.75) is 32.1 Å². The van der Waals surface area contributed by atoms with Crippen LogP contribution in [-0.4, -0.2) is 38.3 Å². The molecule has 0 saturated heterocycles. The number of hydrogen-bond acceptors (Lipinski definition) is 4. The predicted octanol–water partition coefficient (Wildman–Crippen LogP) is 3.33. The number of carbonyl (C=O) groups is 1. The first-order valence-corrected chi connectivity index (χ1v) is 10.6. The lowest BCUT2D eigenvalue weighted by molar-refractivity contribution is -0.114. The Morgan fingerprint density at radius 3 is 2.22 bits per heavy atom. The second kappa shape index (κ2) is 9.53. The number of nitrogens with one attached hydrogen (secondary N) is 2. The Bertz CT molecular complexity index is 860. The molecule has 1 amide bonds. The van der Waals surface area contributed by atoms with Gasteiger partial charge in [0, 0.05) is 24.5 Å². The summed E-state index contributed by atoms with van der Waals surface area (Å²) in [4.78, 5) is 12.4. The molecule has 0 unspecified atom stereocenters. The zero-order valence-corrected chi connectivity index (χ0v) is 16.8. The fourth-order valence-corrected chi connectivity index (χ4v) is 4.17. The number of benzene rings is 2. The molecule has 2 rings (SSSR count). The average molecular weight is 390 g/mol. The van der Waals surface area contributed by atoms with E-state index in [0.717, 1.165) is 17.7 Å². The van der Waals surface area contributed by atoms with E-state index in [2.05, 4.69) is 17.6 Å². The highest BCUT2D eigenvalue weighted by molar-refractivity contribution is 7.89. The Balaban J connectivity index is 1.95. The Labute approximate surface area is 161 Å². The molecule has 0 heterocycles. The molecular formula is C20H27N3O3S.